The zero-order valence-corrected chi connectivity index (χ0v) is 13.5. The van der Waals surface area contributed by atoms with Gasteiger partial charge in [-0.1, -0.05) is 0 Å². The van der Waals surface area contributed by atoms with Crippen LogP contribution < -0.4 is 9.80 Å². The number of rotatable bonds is 3. The Kier molecular flexibility index (Phi) is 4.22. The highest BCUT2D eigenvalue weighted by molar-refractivity contribution is 5.49. The van der Waals surface area contributed by atoms with Crippen molar-refractivity contribution in [2.24, 2.45) is 0 Å². The molecule has 0 N–H and O–H groups in total. The molecule has 0 amide bonds. The molecule has 116 valence electrons. The van der Waals surface area contributed by atoms with E-state index in [-0.39, 0.29) is 0 Å². The molecular formula is C17H23N5. The minimum Gasteiger partial charge on any atom is -0.371 e. The summed E-state index contributed by atoms with van der Waals surface area (Å²) in [5, 5.41) is 0. The van der Waals surface area contributed by atoms with Crippen molar-refractivity contribution in [2.75, 3.05) is 29.9 Å². The predicted molar refractivity (Wildman–Crippen MR) is 89.4 cm³/mol. The fourth-order valence-corrected chi connectivity index (χ4v) is 3.16. The van der Waals surface area contributed by atoms with Crippen LogP contribution in [0.15, 0.2) is 30.7 Å². The normalized spacial score (nSPS) is 15.9. The molecule has 0 saturated carbocycles. The van der Waals surface area contributed by atoms with Gasteiger partial charge in [0.05, 0.1) is 6.20 Å². The number of aryl methyl sites for hydroxylation is 2. The molecule has 1 saturated heterocycles. The van der Waals surface area contributed by atoms with E-state index in [1.165, 1.54) is 5.69 Å². The molecule has 0 radical (unpaired) electrons. The fraction of sp³-hybridized carbons (Fsp3) is 0.471. The fourth-order valence-electron chi connectivity index (χ4n) is 3.16. The summed E-state index contributed by atoms with van der Waals surface area (Å²) < 4.78 is 0. The molecule has 1 aliphatic heterocycles. The molecule has 0 atom stereocenters. The van der Waals surface area contributed by atoms with Crippen LogP contribution in [0.2, 0.25) is 0 Å². The summed E-state index contributed by atoms with van der Waals surface area (Å²) in [5.74, 6) is 0.985. The number of hydrogen-bond donors (Lipinski definition) is 0. The molecule has 22 heavy (non-hydrogen) atoms. The molecular weight excluding hydrogens is 274 g/mol. The topological polar surface area (TPSA) is 45.2 Å². The predicted octanol–water partition coefficient (Wildman–Crippen LogP) is 2.59. The first-order chi connectivity index (χ1) is 10.6. The van der Waals surface area contributed by atoms with E-state index in [1.807, 2.05) is 6.20 Å². The van der Waals surface area contributed by atoms with E-state index in [0.29, 0.717) is 6.04 Å². The van der Waals surface area contributed by atoms with Crippen LogP contribution in [0.5, 0.6) is 0 Å². The van der Waals surface area contributed by atoms with Crippen molar-refractivity contribution in [1.29, 1.82) is 0 Å². The van der Waals surface area contributed by atoms with Gasteiger partial charge in [-0.2, -0.15) is 0 Å². The van der Waals surface area contributed by atoms with Crippen LogP contribution in [0.1, 0.15) is 24.2 Å². The Balaban J connectivity index is 1.66. The first-order valence-electron chi connectivity index (χ1n) is 7.82. The average Bonchev–Trinajstić information content (AvgIpc) is 2.54. The molecule has 0 bridgehead atoms. The van der Waals surface area contributed by atoms with Gasteiger partial charge < -0.3 is 9.80 Å². The smallest absolute Gasteiger partial charge is 0.147 e. The van der Waals surface area contributed by atoms with Gasteiger partial charge in [-0.05, 0) is 38.8 Å². The third-order valence-corrected chi connectivity index (χ3v) is 4.36. The Labute approximate surface area is 132 Å². The van der Waals surface area contributed by atoms with Gasteiger partial charge in [-0.3, -0.25) is 9.97 Å². The molecule has 5 heteroatoms. The number of hydrogen-bond acceptors (Lipinski definition) is 5. The van der Waals surface area contributed by atoms with Crippen molar-refractivity contribution in [2.45, 2.75) is 32.7 Å². The SMILES string of the molecule is Cc1cc(N(C)C2CCN(c3cnccn3)CC2)cc(C)n1. The lowest BCUT2D eigenvalue weighted by atomic mass is 10.0. The van der Waals surface area contributed by atoms with Crippen LogP contribution in [0, 0.1) is 13.8 Å². The summed E-state index contributed by atoms with van der Waals surface area (Å²) in [7, 11) is 2.19. The second kappa shape index (κ2) is 6.30. The van der Waals surface area contributed by atoms with Crippen molar-refractivity contribution < 1.29 is 0 Å². The van der Waals surface area contributed by atoms with E-state index in [2.05, 4.69) is 57.8 Å². The third kappa shape index (κ3) is 3.18. The molecule has 5 nitrogen and oxygen atoms in total. The highest BCUT2D eigenvalue weighted by atomic mass is 15.2. The van der Waals surface area contributed by atoms with Crippen molar-refractivity contribution in [3.8, 4) is 0 Å². The van der Waals surface area contributed by atoms with Gasteiger partial charge in [-0.15, -0.1) is 0 Å². The quantitative estimate of drug-likeness (QED) is 0.871. The molecule has 2 aromatic heterocycles. The zero-order valence-electron chi connectivity index (χ0n) is 13.5. The summed E-state index contributed by atoms with van der Waals surface area (Å²) in [6, 6.07) is 4.90. The lowest BCUT2D eigenvalue weighted by Gasteiger charge is -2.38. The molecule has 3 heterocycles. The van der Waals surface area contributed by atoms with Gasteiger partial charge in [0.1, 0.15) is 5.82 Å². The molecule has 0 aromatic carbocycles. The summed E-state index contributed by atoms with van der Waals surface area (Å²) in [6.07, 6.45) is 7.59. The summed E-state index contributed by atoms with van der Waals surface area (Å²) in [5.41, 5.74) is 3.43. The number of nitrogens with zero attached hydrogens (tertiary/aromatic N) is 5. The van der Waals surface area contributed by atoms with E-state index in [0.717, 1.165) is 43.1 Å². The standard InChI is InChI=1S/C17H23N5/c1-13-10-16(11-14(2)20-13)21(3)15-4-8-22(9-5-15)17-12-18-6-7-19-17/h6-7,10-12,15H,4-5,8-9H2,1-3H3. The van der Waals surface area contributed by atoms with Gasteiger partial charge in [0.2, 0.25) is 0 Å². The minimum absolute atomic E-state index is 0.564. The Morgan fingerprint density at radius 2 is 1.77 bits per heavy atom. The summed E-state index contributed by atoms with van der Waals surface area (Å²) in [6.45, 7) is 6.16. The van der Waals surface area contributed by atoms with Gasteiger partial charge in [0.15, 0.2) is 0 Å². The number of aromatic nitrogens is 3. The van der Waals surface area contributed by atoms with Gasteiger partial charge in [0.25, 0.3) is 0 Å². The largest absolute Gasteiger partial charge is 0.371 e. The Bertz CT molecular complexity index is 600. The van der Waals surface area contributed by atoms with Crippen LogP contribution in [0.25, 0.3) is 0 Å². The third-order valence-electron chi connectivity index (χ3n) is 4.36. The number of piperidine rings is 1. The number of anilines is 2. The average molecular weight is 297 g/mol. The van der Waals surface area contributed by atoms with E-state index in [9.17, 15) is 0 Å². The maximum Gasteiger partial charge on any atom is 0.147 e. The van der Waals surface area contributed by atoms with Crippen LogP contribution >= 0.6 is 0 Å². The molecule has 2 aromatic rings. The van der Waals surface area contributed by atoms with Gasteiger partial charge in [0, 0.05) is 55.6 Å². The highest BCUT2D eigenvalue weighted by Gasteiger charge is 2.23. The Morgan fingerprint density at radius 1 is 1.09 bits per heavy atom. The second-order valence-electron chi connectivity index (χ2n) is 6.00. The maximum atomic E-state index is 4.46. The summed E-state index contributed by atoms with van der Waals surface area (Å²) in [4.78, 5) is 17.7. The van der Waals surface area contributed by atoms with Crippen LogP contribution in [-0.4, -0.2) is 41.1 Å². The lowest BCUT2D eigenvalue weighted by molar-refractivity contribution is 0.480. The van der Waals surface area contributed by atoms with Crippen molar-refractivity contribution in [3.05, 3.63) is 42.1 Å². The molecule has 0 aliphatic carbocycles. The van der Waals surface area contributed by atoms with E-state index < -0.39 is 0 Å². The first-order valence-corrected chi connectivity index (χ1v) is 7.82. The zero-order chi connectivity index (χ0) is 15.5. The van der Waals surface area contributed by atoms with Crippen molar-refractivity contribution in [1.82, 2.24) is 15.0 Å². The number of pyridine rings is 1. The minimum atomic E-state index is 0.564. The maximum absolute atomic E-state index is 4.46. The summed E-state index contributed by atoms with van der Waals surface area (Å²) >= 11 is 0. The second-order valence-corrected chi connectivity index (χ2v) is 6.00. The van der Waals surface area contributed by atoms with Crippen LogP contribution in [-0.2, 0) is 0 Å². The first kappa shape index (κ1) is 14.8. The van der Waals surface area contributed by atoms with E-state index in [1.54, 1.807) is 12.4 Å². The highest BCUT2D eigenvalue weighted by Crippen LogP contribution is 2.24. The Hall–Kier alpha value is -2.17. The van der Waals surface area contributed by atoms with Crippen molar-refractivity contribution >= 4 is 11.5 Å². The Morgan fingerprint density at radius 3 is 2.36 bits per heavy atom. The molecule has 3 rings (SSSR count). The molecule has 0 spiro atoms. The molecule has 0 unspecified atom stereocenters. The molecule has 1 fully saturated rings. The lowest BCUT2D eigenvalue weighted by Crippen LogP contribution is -2.43. The van der Waals surface area contributed by atoms with E-state index >= 15 is 0 Å². The van der Waals surface area contributed by atoms with E-state index in [4.69, 9.17) is 0 Å². The van der Waals surface area contributed by atoms with Gasteiger partial charge >= 0.3 is 0 Å². The van der Waals surface area contributed by atoms with Crippen molar-refractivity contribution in [3.63, 3.8) is 0 Å². The van der Waals surface area contributed by atoms with Gasteiger partial charge in [-0.25, -0.2) is 4.98 Å². The monoisotopic (exact) mass is 297 g/mol. The van der Waals surface area contributed by atoms with Crippen LogP contribution in [0.4, 0.5) is 11.5 Å². The molecule has 1 aliphatic rings. The van der Waals surface area contributed by atoms with Crippen LogP contribution in [0.3, 0.4) is 0 Å².